The zero-order chi connectivity index (χ0) is 30.9. The maximum absolute atomic E-state index is 5.18. The van der Waals surface area contributed by atoms with Gasteiger partial charge in [-0.05, 0) is 98.2 Å². The summed E-state index contributed by atoms with van der Waals surface area (Å²) < 4.78 is 2.36. The lowest BCUT2D eigenvalue weighted by Crippen LogP contribution is -2.10. The Morgan fingerprint density at radius 3 is 2.19 bits per heavy atom. The molecule has 0 unspecified atom stereocenters. The molecule has 0 atom stereocenters. The molecule has 0 radical (unpaired) electrons. The number of hydrogen-bond acceptors (Lipinski definition) is 3. The van der Waals surface area contributed by atoms with Crippen molar-refractivity contribution < 1.29 is 0 Å². The number of benzene rings is 6. The van der Waals surface area contributed by atoms with Gasteiger partial charge in [0, 0.05) is 34.9 Å². The SMILES string of the molecule is C1=Cc2c(c3ccccc3n2-c2ccc(-c3cc(-c4ccc5ccc6cccc7ccc4c5c67)cc(-c4ccccn4)n3)cc2)CN1. The molecule has 6 aromatic carbocycles. The van der Waals surface area contributed by atoms with E-state index in [0.717, 1.165) is 40.4 Å². The topological polar surface area (TPSA) is 42.7 Å². The molecule has 0 amide bonds. The Morgan fingerprint density at radius 2 is 1.34 bits per heavy atom. The quantitative estimate of drug-likeness (QED) is 0.204. The van der Waals surface area contributed by atoms with E-state index in [4.69, 9.17) is 4.98 Å². The van der Waals surface area contributed by atoms with Gasteiger partial charge in [0.05, 0.1) is 28.3 Å². The molecule has 0 aliphatic carbocycles. The van der Waals surface area contributed by atoms with Gasteiger partial charge in [-0.2, -0.15) is 0 Å². The van der Waals surface area contributed by atoms with Crippen LogP contribution in [0.25, 0.3) is 88.8 Å². The first-order valence-corrected chi connectivity index (χ1v) is 16.0. The fraction of sp³-hybridized carbons (Fsp3) is 0.0233. The normalized spacial score (nSPS) is 12.7. The van der Waals surface area contributed by atoms with E-state index >= 15 is 0 Å². The van der Waals surface area contributed by atoms with Gasteiger partial charge in [-0.25, -0.2) is 4.98 Å². The summed E-state index contributed by atoms with van der Waals surface area (Å²) >= 11 is 0. The molecule has 4 heterocycles. The lowest BCUT2D eigenvalue weighted by atomic mass is 9.89. The van der Waals surface area contributed by atoms with Gasteiger partial charge < -0.3 is 9.88 Å². The molecule has 0 saturated heterocycles. The van der Waals surface area contributed by atoms with Crippen LogP contribution in [0.4, 0.5) is 0 Å². The summed E-state index contributed by atoms with van der Waals surface area (Å²) in [6, 6.07) is 48.0. The van der Waals surface area contributed by atoms with Gasteiger partial charge >= 0.3 is 0 Å². The van der Waals surface area contributed by atoms with E-state index in [1.54, 1.807) is 0 Å². The van der Waals surface area contributed by atoms with Crippen molar-refractivity contribution in [3.05, 3.63) is 157 Å². The van der Waals surface area contributed by atoms with Crippen LogP contribution in [-0.2, 0) is 6.54 Å². The number of hydrogen-bond donors (Lipinski definition) is 1. The molecule has 4 heteroatoms. The monoisotopic (exact) mass is 600 g/mol. The molecule has 3 aromatic heterocycles. The van der Waals surface area contributed by atoms with Gasteiger partial charge in [0.1, 0.15) is 0 Å². The molecular formula is C43H28N4. The van der Waals surface area contributed by atoms with Gasteiger partial charge in [0.15, 0.2) is 0 Å². The van der Waals surface area contributed by atoms with Gasteiger partial charge in [-0.15, -0.1) is 0 Å². The molecule has 9 aromatic rings. The molecule has 10 rings (SSSR count). The van der Waals surface area contributed by atoms with Gasteiger partial charge in [-0.3, -0.25) is 4.98 Å². The maximum Gasteiger partial charge on any atom is 0.0899 e. The van der Waals surface area contributed by atoms with Gasteiger partial charge in [-0.1, -0.05) is 91.0 Å². The molecule has 1 aliphatic heterocycles. The minimum atomic E-state index is 0.827. The molecule has 0 saturated carbocycles. The van der Waals surface area contributed by atoms with Crippen LogP contribution in [0.15, 0.2) is 146 Å². The largest absolute Gasteiger partial charge is 0.387 e. The standard InChI is InChI=1S/C43H28N4/c1-2-10-40-34(8-1)36-26-44-23-21-41(36)47(40)32-17-13-27(14-18-32)38-24-31(25-39(46-38)37-9-3-4-22-45-37)33-19-15-30-12-11-28-6-5-7-29-16-20-35(33)43(30)42(28)29/h1-25,44H,26H2. The minimum absolute atomic E-state index is 0.827. The third-order valence-corrected chi connectivity index (χ3v) is 9.67. The Kier molecular flexibility index (Phi) is 5.60. The summed E-state index contributed by atoms with van der Waals surface area (Å²) in [5, 5.41) is 12.3. The molecule has 0 bridgehead atoms. The van der Waals surface area contributed by atoms with Crippen LogP contribution < -0.4 is 5.32 Å². The Labute approximate surface area is 271 Å². The van der Waals surface area contributed by atoms with E-state index in [2.05, 4.69) is 136 Å². The predicted molar refractivity (Wildman–Crippen MR) is 195 cm³/mol. The van der Waals surface area contributed by atoms with E-state index in [1.165, 1.54) is 60.0 Å². The molecule has 220 valence electrons. The molecular weight excluding hydrogens is 573 g/mol. The second-order valence-corrected chi connectivity index (χ2v) is 12.3. The number of rotatable bonds is 4. The number of aromatic nitrogens is 3. The van der Waals surface area contributed by atoms with Crippen molar-refractivity contribution in [2.75, 3.05) is 0 Å². The molecule has 1 N–H and O–H groups in total. The molecule has 4 nitrogen and oxygen atoms in total. The highest BCUT2D eigenvalue weighted by atomic mass is 15.0. The van der Waals surface area contributed by atoms with Crippen molar-refractivity contribution in [3.8, 4) is 39.5 Å². The first kappa shape index (κ1) is 26.0. The van der Waals surface area contributed by atoms with Crippen LogP contribution in [-0.4, -0.2) is 14.5 Å². The lowest BCUT2D eigenvalue weighted by Gasteiger charge is -2.16. The number of nitrogens with one attached hydrogen (secondary N) is 1. The van der Waals surface area contributed by atoms with Crippen LogP contribution in [0.1, 0.15) is 11.3 Å². The Hall–Kier alpha value is -6.26. The van der Waals surface area contributed by atoms with E-state index in [1.807, 2.05) is 30.6 Å². The second kappa shape index (κ2) is 10.1. The summed E-state index contributed by atoms with van der Waals surface area (Å²) in [6.07, 6.45) is 6.05. The fourth-order valence-corrected chi connectivity index (χ4v) is 7.51. The highest BCUT2D eigenvalue weighted by Gasteiger charge is 2.19. The van der Waals surface area contributed by atoms with Crippen molar-refractivity contribution in [3.63, 3.8) is 0 Å². The highest BCUT2D eigenvalue weighted by molar-refractivity contribution is 6.25. The van der Waals surface area contributed by atoms with Crippen molar-refractivity contribution in [2.24, 2.45) is 0 Å². The maximum atomic E-state index is 5.18. The van der Waals surface area contributed by atoms with Crippen molar-refractivity contribution in [1.29, 1.82) is 0 Å². The summed E-state index contributed by atoms with van der Waals surface area (Å²) in [5.74, 6) is 0. The van der Waals surface area contributed by atoms with Gasteiger partial charge in [0.25, 0.3) is 0 Å². The van der Waals surface area contributed by atoms with Crippen LogP contribution in [0, 0.1) is 0 Å². The smallest absolute Gasteiger partial charge is 0.0899 e. The molecule has 0 spiro atoms. The zero-order valence-corrected chi connectivity index (χ0v) is 25.5. The van der Waals surface area contributed by atoms with Gasteiger partial charge in [0.2, 0.25) is 0 Å². The Bertz CT molecular complexity index is 2650. The number of nitrogens with zero attached hydrogens (tertiary/aromatic N) is 3. The van der Waals surface area contributed by atoms with Crippen LogP contribution in [0.2, 0.25) is 0 Å². The third-order valence-electron chi connectivity index (χ3n) is 9.67. The number of para-hydroxylation sites is 1. The Balaban J connectivity index is 1.15. The minimum Gasteiger partial charge on any atom is -0.387 e. The average Bonchev–Trinajstić information content (AvgIpc) is 3.48. The van der Waals surface area contributed by atoms with E-state index in [-0.39, 0.29) is 0 Å². The van der Waals surface area contributed by atoms with Crippen molar-refractivity contribution in [1.82, 2.24) is 19.9 Å². The highest BCUT2D eigenvalue weighted by Crippen LogP contribution is 2.41. The van der Waals surface area contributed by atoms with E-state index < -0.39 is 0 Å². The Morgan fingerprint density at radius 1 is 0.574 bits per heavy atom. The molecule has 1 aliphatic rings. The van der Waals surface area contributed by atoms with Crippen LogP contribution >= 0.6 is 0 Å². The summed E-state index contributed by atoms with van der Waals surface area (Å²) in [6.45, 7) is 0.827. The van der Waals surface area contributed by atoms with Crippen molar-refractivity contribution >= 4 is 49.3 Å². The average molecular weight is 601 g/mol. The molecule has 0 fully saturated rings. The fourth-order valence-electron chi connectivity index (χ4n) is 7.51. The number of fused-ring (bicyclic) bond motifs is 3. The van der Waals surface area contributed by atoms with E-state index in [9.17, 15) is 0 Å². The summed E-state index contributed by atoms with van der Waals surface area (Å²) in [4.78, 5) is 9.87. The third kappa shape index (κ3) is 4.01. The first-order chi connectivity index (χ1) is 23.3. The predicted octanol–water partition coefficient (Wildman–Crippen LogP) is 10.4. The summed E-state index contributed by atoms with van der Waals surface area (Å²) in [7, 11) is 0. The van der Waals surface area contributed by atoms with E-state index in [0.29, 0.717) is 0 Å². The summed E-state index contributed by atoms with van der Waals surface area (Å²) in [5.41, 5.74) is 10.9. The zero-order valence-electron chi connectivity index (χ0n) is 25.5. The first-order valence-electron chi connectivity index (χ1n) is 16.0. The molecule has 47 heavy (non-hydrogen) atoms. The lowest BCUT2D eigenvalue weighted by molar-refractivity contribution is 0.855. The van der Waals surface area contributed by atoms with Crippen molar-refractivity contribution in [2.45, 2.75) is 6.54 Å². The number of pyridine rings is 2. The van der Waals surface area contributed by atoms with Crippen LogP contribution in [0.5, 0.6) is 0 Å². The van der Waals surface area contributed by atoms with Crippen LogP contribution in [0.3, 0.4) is 0 Å². The second-order valence-electron chi connectivity index (χ2n) is 12.3.